The number of aliphatic hydroxyl groups is 1. The fraction of sp³-hybridized carbons (Fsp3) is 0.375. The Labute approximate surface area is 123 Å². The number of carbonyl (C=O) groups excluding carboxylic acids is 1. The SMILES string of the molecule is CC1(O)CCN(C(=O)c2cn[nH]c2-c2ccccc2)CC1. The molecule has 0 atom stereocenters. The highest BCUT2D eigenvalue weighted by molar-refractivity contribution is 5.99. The largest absolute Gasteiger partial charge is 0.390 e. The van der Waals surface area contributed by atoms with Crippen LogP contribution in [0.5, 0.6) is 0 Å². The van der Waals surface area contributed by atoms with Crippen molar-refractivity contribution in [1.82, 2.24) is 15.1 Å². The van der Waals surface area contributed by atoms with Gasteiger partial charge in [0.05, 0.1) is 23.1 Å². The molecule has 0 saturated carbocycles. The lowest BCUT2D eigenvalue weighted by Crippen LogP contribution is -2.45. The average Bonchev–Trinajstić information content (AvgIpc) is 2.97. The summed E-state index contributed by atoms with van der Waals surface area (Å²) in [5, 5.41) is 16.9. The van der Waals surface area contributed by atoms with E-state index in [1.54, 1.807) is 11.1 Å². The monoisotopic (exact) mass is 285 g/mol. The van der Waals surface area contributed by atoms with E-state index in [1.165, 1.54) is 0 Å². The molecule has 1 fully saturated rings. The maximum Gasteiger partial charge on any atom is 0.257 e. The second kappa shape index (κ2) is 5.33. The summed E-state index contributed by atoms with van der Waals surface area (Å²) in [6.07, 6.45) is 2.80. The Morgan fingerprint density at radius 2 is 1.95 bits per heavy atom. The van der Waals surface area contributed by atoms with Crippen molar-refractivity contribution in [2.45, 2.75) is 25.4 Å². The molecule has 1 amide bonds. The Balaban J connectivity index is 1.82. The second-order valence-electron chi connectivity index (χ2n) is 5.81. The van der Waals surface area contributed by atoms with E-state index in [0.717, 1.165) is 11.3 Å². The molecular formula is C16H19N3O2. The maximum absolute atomic E-state index is 12.7. The van der Waals surface area contributed by atoms with Crippen LogP contribution in [0, 0.1) is 0 Å². The highest BCUT2D eigenvalue weighted by Crippen LogP contribution is 2.26. The number of aromatic nitrogens is 2. The minimum absolute atomic E-state index is 0.0295. The predicted octanol–water partition coefficient (Wildman–Crippen LogP) is 2.06. The van der Waals surface area contributed by atoms with Crippen molar-refractivity contribution in [3.8, 4) is 11.3 Å². The second-order valence-corrected chi connectivity index (χ2v) is 5.81. The Bertz CT molecular complexity index is 624. The van der Waals surface area contributed by atoms with Crippen molar-refractivity contribution >= 4 is 5.91 Å². The molecule has 1 aliphatic heterocycles. The number of carbonyl (C=O) groups is 1. The molecule has 2 heterocycles. The van der Waals surface area contributed by atoms with Crippen molar-refractivity contribution in [3.63, 3.8) is 0 Å². The number of benzene rings is 1. The lowest BCUT2D eigenvalue weighted by atomic mass is 9.93. The van der Waals surface area contributed by atoms with E-state index >= 15 is 0 Å². The Morgan fingerprint density at radius 1 is 1.29 bits per heavy atom. The number of piperidine rings is 1. The number of aromatic amines is 1. The summed E-state index contributed by atoms with van der Waals surface area (Å²) in [4.78, 5) is 14.4. The molecule has 1 aromatic heterocycles. The number of nitrogens with one attached hydrogen (secondary N) is 1. The maximum atomic E-state index is 12.7. The van der Waals surface area contributed by atoms with E-state index in [2.05, 4.69) is 10.2 Å². The van der Waals surface area contributed by atoms with Crippen LogP contribution >= 0.6 is 0 Å². The van der Waals surface area contributed by atoms with Crippen LogP contribution in [-0.4, -0.2) is 44.8 Å². The van der Waals surface area contributed by atoms with Crippen molar-refractivity contribution in [2.24, 2.45) is 0 Å². The third-order valence-corrected chi connectivity index (χ3v) is 4.06. The molecule has 110 valence electrons. The van der Waals surface area contributed by atoms with Gasteiger partial charge in [-0.2, -0.15) is 5.10 Å². The van der Waals surface area contributed by atoms with Crippen molar-refractivity contribution in [2.75, 3.05) is 13.1 Å². The van der Waals surface area contributed by atoms with E-state index < -0.39 is 5.60 Å². The summed E-state index contributed by atoms with van der Waals surface area (Å²) < 4.78 is 0. The van der Waals surface area contributed by atoms with Crippen molar-refractivity contribution in [3.05, 3.63) is 42.1 Å². The lowest BCUT2D eigenvalue weighted by Gasteiger charge is -2.35. The van der Waals surface area contributed by atoms with Gasteiger partial charge in [0.2, 0.25) is 0 Å². The minimum Gasteiger partial charge on any atom is -0.390 e. The normalized spacial score (nSPS) is 17.7. The summed E-state index contributed by atoms with van der Waals surface area (Å²) in [6.45, 7) is 2.97. The molecule has 0 radical (unpaired) electrons. The number of nitrogens with zero attached hydrogens (tertiary/aromatic N) is 2. The van der Waals surface area contributed by atoms with E-state index in [4.69, 9.17) is 0 Å². The fourth-order valence-corrected chi connectivity index (χ4v) is 2.64. The predicted molar refractivity (Wildman–Crippen MR) is 79.8 cm³/mol. The first-order valence-electron chi connectivity index (χ1n) is 7.17. The number of likely N-dealkylation sites (tertiary alicyclic amines) is 1. The molecule has 5 nitrogen and oxygen atoms in total. The van der Waals surface area contributed by atoms with E-state index in [-0.39, 0.29) is 5.91 Å². The number of rotatable bonds is 2. The number of amides is 1. The van der Waals surface area contributed by atoms with Crippen molar-refractivity contribution in [1.29, 1.82) is 0 Å². The molecular weight excluding hydrogens is 266 g/mol. The first-order valence-corrected chi connectivity index (χ1v) is 7.17. The molecule has 21 heavy (non-hydrogen) atoms. The van der Waals surface area contributed by atoms with Crippen molar-refractivity contribution < 1.29 is 9.90 Å². The standard InChI is InChI=1S/C16H19N3O2/c1-16(21)7-9-19(10-8-16)15(20)13-11-17-18-14(13)12-5-3-2-4-6-12/h2-6,11,21H,7-10H2,1H3,(H,17,18). The van der Waals surface area contributed by atoms with Gasteiger partial charge in [0.1, 0.15) is 0 Å². The van der Waals surface area contributed by atoms with E-state index in [0.29, 0.717) is 31.5 Å². The third kappa shape index (κ3) is 2.83. The Morgan fingerprint density at radius 3 is 2.62 bits per heavy atom. The number of hydrogen-bond acceptors (Lipinski definition) is 3. The quantitative estimate of drug-likeness (QED) is 0.887. The molecule has 3 rings (SSSR count). The zero-order chi connectivity index (χ0) is 14.9. The van der Waals surface area contributed by atoms with Gasteiger partial charge in [0, 0.05) is 18.7 Å². The zero-order valence-corrected chi connectivity index (χ0v) is 12.0. The molecule has 1 saturated heterocycles. The van der Waals surface area contributed by atoms with E-state index in [9.17, 15) is 9.90 Å². The minimum atomic E-state index is -0.657. The third-order valence-electron chi connectivity index (χ3n) is 4.06. The number of H-pyrrole nitrogens is 1. The molecule has 2 N–H and O–H groups in total. The molecule has 0 bridgehead atoms. The van der Waals surface area contributed by atoms with Crippen LogP contribution in [0.4, 0.5) is 0 Å². The van der Waals surface area contributed by atoms with Crippen LogP contribution in [0.1, 0.15) is 30.1 Å². The van der Waals surface area contributed by atoms with Gasteiger partial charge in [0.25, 0.3) is 5.91 Å². The summed E-state index contributed by atoms with van der Waals surface area (Å²) in [5.74, 6) is -0.0295. The van der Waals surface area contributed by atoms with Crippen LogP contribution in [0.25, 0.3) is 11.3 Å². The van der Waals surface area contributed by atoms with Crippen LogP contribution in [-0.2, 0) is 0 Å². The van der Waals surface area contributed by atoms with Crippen LogP contribution in [0.2, 0.25) is 0 Å². The molecule has 5 heteroatoms. The summed E-state index contributed by atoms with van der Waals surface area (Å²) >= 11 is 0. The number of hydrogen-bond donors (Lipinski definition) is 2. The van der Waals surface area contributed by atoms with Gasteiger partial charge < -0.3 is 10.0 Å². The average molecular weight is 285 g/mol. The molecule has 1 aromatic carbocycles. The molecule has 0 aliphatic carbocycles. The zero-order valence-electron chi connectivity index (χ0n) is 12.0. The van der Waals surface area contributed by atoms with Crippen LogP contribution in [0.3, 0.4) is 0 Å². The van der Waals surface area contributed by atoms with Gasteiger partial charge in [-0.15, -0.1) is 0 Å². The first-order chi connectivity index (χ1) is 10.1. The van der Waals surface area contributed by atoms with Gasteiger partial charge in [0.15, 0.2) is 0 Å². The molecule has 2 aromatic rings. The Kier molecular flexibility index (Phi) is 3.51. The van der Waals surface area contributed by atoms with Gasteiger partial charge >= 0.3 is 0 Å². The fourth-order valence-electron chi connectivity index (χ4n) is 2.64. The van der Waals surface area contributed by atoms with Gasteiger partial charge in [-0.3, -0.25) is 9.89 Å². The smallest absolute Gasteiger partial charge is 0.257 e. The topological polar surface area (TPSA) is 69.2 Å². The summed E-state index contributed by atoms with van der Waals surface area (Å²) in [7, 11) is 0. The Hall–Kier alpha value is -2.14. The van der Waals surface area contributed by atoms with Gasteiger partial charge in [-0.05, 0) is 19.8 Å². The molecule has 0 unspecified atom stereocenters. The summed E-state index contributed by atoms with van der Waals surface area (Å²) in [6, 6.07) is 9.70. The highest BCUT2D eigenvalue weighted by atomic mass is 16.3. The van der Waals surface area contributed by atoms with E-state index in [1.807, 2.05) is 37.3 Å². The van der Waals surface area contributed by atoms with Gasteiger partial charge in [-0.25, -0.2) is 0 Å². The van der Waals surface area contributed by atoms with Crippen LogP contribution in [0.15, 0.2) is 36.5 Å². The van der Waals surface area contributed by atoms with Crippen LogP contribution < -0.4 is 0 Å². The van der Waals surface area contributed by atoms with Gasteiger partial charge in [-0.1, -0.05) is 30.3 Å². The summed E-state index contributed by atoms with van der Waals surface area (Å²) in [5.41, 5.74) is 1.62. The molecule has 0 spiro atoms. The first kappa shape index (κ1) is 13.8. The molecule has 1 aliphatic rings. The highest BCUT2D eigenvalue weighted by Gasteiger charge is 2.31. The lowest BCUT2D eigenvalue weighted by molar-refractivity contribution is -0.00199.